The zero-order valence-electron chi connectivity index (χ0n) is 19.6. The summed E-state index contributed by atoms with van der Waals surface area (Å²) < 4.78 is 11.8. The van der Waals surface area contributed by atoms with Crippen molar-refractivity contribution < 1.29 is 14.0 Å². The van der Waals surface area contributed by atoms with Crippen LogP contribution in [0.1, 0.15) is 74.7 Å². The number of ether oxygens (including phenoxy) is 1. The minimum absolute atomic E-state index is 0.0266. The summed E-state index contributed by atoms with van der Waals surface area (Å²) in [4.78, 5) is 14.4. The monoisotopic (exact) mass is 402 g/mol. The van der Waals surface area contributed by atoms with Crippen LogP contribution in [0.25, 0.3) is 0 Å². The van der Waals surface area contributed by atoms with Crippen molar-refractivity contribution in [2.24, 2.45) is 11.7 Å². The number of hydrogen-bond donors (Lipinski definition) is 1. The molecule has 0 saturated heterocycles. The van der Waals surface area contributed by atoms with Gasteiger partial charge in [-0.15, -0.1) is 0 Å². The highest BCUT2D eigenvalue weighted by atomic mass is 28.4. The van der Waals surface area contributed by atoms with Gasteiger partial charge in [-0.05, 0) is 64.1 Å². The summed E-state index contributed by atoms with van der Waals surface area (Å²) >= 11 is 0. The third kappa shape index (κ3) is 11.8. The van der Waals surface area contributed by atoms with Gasteiger partial charge in [0.05, 0.1) is 0 Å². The van der Waals surface area contributed by atoms with Gasteiger partial charge in [0.2, 0.25) is 0 Å². The number of nitrogens with two attached hydrogens (primary N) is 1. The van der Waals surface area contributed by atoms with Crippen LogP contribution in [-0.2, 0) is 9.16 Å². The zero-order chi connectivity index (χ0) is 21.5. The fourth-order valence-corrected chi connectivity index (χ4v) is 3.39. The standard InChI is InChI=1S/C21H46N2O3Si/c1-17(2)12-13-18(22)16-23(19(24)26-20(3,4)5)14-11-15-25-27(9,10)21(6,7)8/h17-18H,11-16,22H2,1-10H3. The summed E-state index contributed by atoms with van der Waals surface area (Å²) in [6.45, 7) is 23.1. The van der Waals surface area contributed by atoms with Crippen molar-refractivity contribution in [1.29, 1.82) is 0 Å². The van der Waals surface area contributed by atoms with Gasteiger partial charge < -0.3 is 19.8 Å². The Morgan fingerprint density at radius 3 is 2.07 bits per heavy atom. The highest BCUT2D eigenvalue weighted by Gasteiger charge is 2.37. The molecule has 0 bridgehead atoms. The Morgan fingerprint density at radius 1 is 1.07 bits per heavy atom. The molecule has 1 atom stereocenters. The van der Waals surface area contributed by atoms with Crippen LogP contribution in [0.3, 0.4) is 0 Å². The molecule has 0 spiro atoms. The van der Waals surface area contributed by atoms with E-state index >= 15 is 0 Å². The SMILES string of the molecule is CC(C)CCC(N)CN(CCCO[Si](C)(C)C(C)(C)C)C(=O)OC(C)(C)C. The average molecular weight is 403 g/mol. The van der Waals surface area contributed by atoms with Crippen LogP contribution in [0.15, 0.2) is 0 Å². The van der Waals surface area contributed by atoms with Gasteiger partial charge in [-0.2, -0.15) is 0 Å². The van der Waals surface area contributed by atoms with Crippen molar-refractivity contribution in [3.8, 4) is 0 Å². The summed E-state index contributed by atoms with van der Waals surface area (Å²) in [5.41, 5.74) is 5.78. The average Bonchev–Trinajstić information content (AvgIpc) is 2.45. The molecule has 0 aromatic rings. The van der Waals surface area contributed by atoms with Crippen LogP contribution < -0.4 is 5.73 Å². The van der Waals surface area contributed by atoms with Crippen molar-refractivity contribution >= 4 is 14.4 Å². The molecule has 0 rings (SSSR count). The fourth-order valence-electron chi connectivity index (χ4n) is 2.30. The maximum Gasteiger partial charge on any atom is 0.410 e. The molecule has 0 aliphatic rings. The molecular weight excluding hydrogens is 356 g/mol. The molecule has 0 aromatic carbocycles. The largest absolute Gasteiger partial charge is 0.444 e. The Kier molecular flexibility index (Phi) is 10.6. The van der Waals surface area contributed by atoms with Crippen molar-refractivity contribution in [3.05, 3.63) is 0 Å². The van der Waals surface area contributed by atoms with E-state index in [9.17, 15) is 4.79 Å². The molecule has 27 heavy (non-hydrogen) atoms. The molecule has 0 aromatic heterocycles. The molecule has 0 saturated carbocycles. The second-order valence-corrected chi connectivity index (χ2v) is 15.4. The Balaban J connectivity index is 4.73. The molecular formula is C21H46N2O3Si. The third-order valence-corrected chi connectivity index (χ3v) is 9.60. The van der Waals surface area contributed by atoms with E-state index < -0.39 is 13.9 Å². The maximum absolute atomic E-state index is 12.6. The zero-order valence-corrected chi connectivity index (χ0v) is 20.6. The van der Waals surface area contributed by atoms with Gasteiger partial charge in [0, 0.05) is 25.7 Å². The highest BCUT2D eigenvalue weighted by molar-refractivity contribution is 6.74. The summed E-state index contributed by atoms with van der Waals surface area (Å²) in [5.74, 6) is 0.615. The van der Waals surface area contributed by atoms with E-state index in [2.05, 4.69) is 47.7 Å². The Labute approximate surface area is 169 Å². The van der Waals surface area contributed by atoms with Crippen LogP contribution >= 0.6 is 0 Å². The van der Waals surface area contributed by atoms with Gasteiger partial charge in [0.25, 0.3) is 0 Å². The lowest BCUT2D eigenvalue weighted by Gasteiger charge is -2.36. The van der Waals surface area contributed by atoms with E-state index in [0.717, 1.165) is 19.3 Å². The van der Waals surface area contributed by atoms with Gasteiger partial charge in [0.1, 0.15) is 5.60 Å². The van der Waals surface area contributed by atoms with Gasteiger partial charge in [0.15, 0.2) is 8.32 Å². The first kappa shape index (κ1) is 26.4. The summed E-state index contributed by atoms with van der Waals surface area (Å²) in [7, 11) is -1.76. The summed E-state index contributed by atoms with van der Waals surface area (Å²) in [5, 5.41) is 0.192. The van der Waals surface area contributed by atoms with Crippen LogP contribution in [0.2, 0.25) is 18.1 Å². The minimum atomic E-state index is -1.76. The van der Waals surface area contributed by atoms with E-state index in [0.29, 0.717) is 25.6 Å². The molecule has 1 unspecified atom stereocenters. The van der Waals surface area contributed by atoms with Crippen LogP contribution in [0.5, 0.6) is 0 Å². The van der Waals surface area contributed by atoms with E-state index in [-0.39, 0.29) is 17.2 Å². The van der Waals surface area contributed by atoms with Crippen molar-refractivity contribution in [1.82, 2.24) is 4.90 Å². The number of amides is 1. The molecule has 0 heterocycles. The molecule has 162 valence electrons. The minimum Gasteiger partial charge on any atom is -0.444 e. The lowest BCUT2D eigenvalue weighted by atomic mass is 10.0. The lowest BCUT2D eigenvalue weighted by Crippen LogP contribution is -2.45. The molecule has 0 aliphatic heterocycles. The molecule has 5 nitrogen and oxygen atoms in total. The number of carbonyl (C=O) groups is 1. The van der Waals surface area contributed by atoms with Gasteiger partial charge in [-0.3, -0.25) is 0 Å². The molecule has 2 N–H and O–H groups in total. The smallest absolute Gasteiger partial charge is 0.410 e. The molecule has 0 fully saturated rings. The molecule has 0 aliphatic carbocycles. The Morgan fingerprint density at radius 2 is 1.63 bits per heavy atom. The number of hydrogen-bond acceptors (Lipinski definition) is 4. The highest BCUT2D eigenvalue weighted by Crippen LogP contribution is 2.36. The van der Waals surface area contributed by atoms with E-state index in [1.54, 1.807) is 4.90 Å². The number of nitrogens with zero attached hydrogens (tertiary/aromatic N) is 1. The predicted molar refractivity (Wildman–Crippen MR) is 118 cm³/mol. The Bertz CT molecular complexity index is 440. The topological polar surface area (TPSA) is 64.8 Å². The van der Waals surface area contributed by atoms with Crippen molar-refractivity contribution in [3.63, 3.8) is 0 Å². The third-order valence-electron chi connectivity index (χ3n) is 5.06. The Hall–Kier alpha value is -0.593. The van der Waals surface area contributed by atoms with Gasteiger partial charge in [-0.1, -0.05) is 34.6 Å². The van der Waals surface area contributed by atoms with E-state index in [4.69, 9.17) is 14.9 Å². The summed E-state index contributed by atoms with van der Waals surface area (Å²) in [6.07, 6.45) is 2.49. The van der Waals surface area contributed by atoms with Crippen LogP contribution in [0, 0.1) is 5.92 Å². The molecule has 1 amide bonds. The van der Waals surface area contributed by atoms with Gasteiger partial charge in [-0.25, -0.2) is 4.79 Å². The normalized spacial score (nSPS) is 14.4. The first-order valence-electron chi connectivity index (χ1n) is 10.4. The fraction of sp³-hybridized carbons (Fsp3) is 0.952. The van der Waals surface area contributed by atoms with Gasteiger partial charge >= 0.3 is 6.09 Å². The summed E-state index contributed by atoms with van der Waals surface area (Å²) in [6, 6.07) is -0.0266. The van der Waals surface area contributed by atoms with Crippen LogP contribution in [0.4, 0.5) is 4.79 Å². The second-order valence-electron chi connectivity index (χ2n) is 10.6. The van der Waals surface area contributed by atoms with E-state index in [1.807, 2.05) is 20.8 Å². The van der Waals surface area contributed by atoms with Crippen molar-refractivity contribution in [2.45, 2.75) is 104 Å². The molecule has 6 heteroatoms. The maximum atomic E-state index is 12.6. The number of rotatable bonds is 10. The van der Waals surface area contributed by atoms with Crippen molar-refractivity contribution in [2.75, 3.05) is 19.7 Å². The second kappa shape index (κ2) is 10.8. The first-order chi connectivity index (χ1) is 12.0. The van der Waals surface area contributed by atoms with Crippen LogP contribution in [-0.4, -0.2) is 50.6 Å². The van der Waals surface area contributed by atoms with E-state index in [1.165, 1.54) is 0 Å². The lowest BCUT2D eigenvalue weighted by molar-refractivity contribution is 0.0228. The predicted octanol–water partition coefficient (Wildman–Crippen LogP) is 5.40. The quantitative estimate of drug-likeness (QED) is 0.392. The number of carbonyl (C=O) groups excluding carboxylic acids is 1. The first-order valence-corrected chi connectivity index (χ1v) is 13.3. The molecule has 0 radical (unpaired) electrons.